The first-order chi connectivity index (χ1) is 25.8. The molecular formula is C47H92O6Si2. The van der Waals surface area contributed by atoms with Gasteiger partial charge in [0.05, 0.1) is 30.5 Å². The van der Waals surface area contributed by atoms with Crippen molar-refractivity contribution < 1.29 is 28.2 Å². The Morgan fingerprint density at radius 1 is 0.655 bits per heavy atom. The Morgan fingerprint density at radius 2 is 1.04 bits per heavy atom. The van der Waals surface area contributed by atoms with E-state index < -0.39 is 16.6 Å². The quantitative estimate of drug-likeness (QED) is 0.0443. The Labute approximate surface area is 343 Å². The second-order valence-electron chi connectivity index (χ2n) is 20.6. The number of cyclic esters (lactones) is 1. The van der Waals surface area contributed by atoms with Crippen LogP contribution in [0.5, 0.6) is 0 Å². The molecule has 0 saturated carbocycles. The molecule has 2 aliphatic heterocycles. The van der Waals surface area contributed by atoms with Crippen LogP contribution in [0, 0.1) is 0 Å². The lowest BCUT2D eigenvalue weighted by Gasteiger charge is -2.42. The van der Waals surface area contributed by atoms with E-state index in [0.717, 1.165) is 95.5 Å². The van der Waals surface area contributed by atoms with Gasteiger partial charge in [0.15, 0.2) is 16.6 Å². The van der Waals surface area contributed by atoms with Crippen LogP contribution >= 0.6 is 0 Å². The molecule has 1 unspecified atom stereocenters. The lowest BCUT2D eigenvalue weighted by molar-refractivity contribution is -0.139. The highest BCUT2D eigenvalue weighted by Gasteiger charge is 2.45. The molecule has 0 radical (unpaired) electrons. The number of carbonyl (C=O) groups is 1. The maximum Gasteiger partial charge on any atom is 0.334 e. The monoisotopic (exact) mass is 809 g/mol. The van der Waals surface area contributed by atoms with Crippen molar-refractivity contribution in [2.24, 2.45) is 0 Å². The first kappa shape index (κ1) is 50.6. The maximum absolute atomic E-state index is 11.8. The highest BCUT2D eigenvalue weighted by Crippen LogP contribution is 2.42. The van der Waals surface area contributed by atoms with E-state index in [4.69, 9.17) is 18.3 Å². The molecule has 0 bridgehead atoms. The minimum absolute atomic E-state index is 0.0721. The van der Waals surface area contributed by atoms with Crippen molar-refractivity contribution in [2.45, 2.75) is 282 Å². The molecule has 2 aliphatic rings. The van der Waals surface area contributed by atoms with Crippen LogP contribution < -0.4 is 0 Å². The molecule has 0 aromatic heterocycles. The summed E-state index contributed by atoms with van der Waals surface area (Å²) in [4.78, 5) is 11.8. The third-order valence-corrected chi connectivity index (χ3v) is 22.5. The minimum Gasteiger partial charge on any atom is -0.455 e. The number of hydrogen-bond donors (Lipinski definition) is 1. The van der Waals surface area contributed by atoms with Crippen LogP contribution in [0.1, 0.15) is 209 Å². The van der Waals surface area contributed by atoms with Gasteiger partial charge in [0.1, 0.15) is 6.10 Å². The Bertz CT molecular complexity index is 1080. The largest absolute Gasteiger partial charge is 0.455 e. The van der Waals surface area contributed by atoms with Crippen molar-refractivity contribution in [3.8, 4) is 0 Å². The molecule has 1 N–H and O–H groups in total. The number of unbranched alkanes of at least 4 members (excludes halogenated alkanes) is 14. The molecular weight excluding hydrogens is 717 g/mol. The van der Waals surface area contributed by atoms with Crippen molar-refractivity contribution in [2.75, 3.05) is 0 Å². The fraction of sp³-hybridized carbons (Fsp3) is 0.936. The van der Waals surface area contributed by atoms with Crippen molar-refractivity contribution in [1.82, 2.24) is 0 Å². The van der Waals surface area contributed by atoms with Gasteiger partial charge in [-0.25, -0.2) is 4.79 Å². The Kier molecular flexibility index (Phi) is 23.2. The van der Waals surface area contributed by atoms with Crippen LogP contribution in [0.25, 0.3) is 0 Å². The van der Waals surface area contributed by atoms with E-state index >= 15 is 0 Å². The van der Waals surface area contributed by atoms with E-state index in [-0.39, 0.29) is 52.7 Å². The van der Waals surface area contributed by atoms with E-state index in [1.54, 1.807) is 0 Å². The molecule has 324 valence electrons. The topological polar surface area (TPSA) is 74.2 Å². The van der Waals surface area contributed by atoms with Crippen molar-refractivity contribution in [3.05, 3.63) is 11.6 Å². The lowest BCUT2D eigenvalue weighted by atomic mass is 9.99. The fourth-order valence-electron chi connectivity index (χ4n) is 7.73. The summed E-state index contributed by atoms with van der Waals surface area (Å²) < 4.78 is 26.7. The van der Waals surface area contributed by atoms with Crippen molar-refractivity contribution in [3.63, 3.8) is 0 Å². The third-order valence-electron chi connectivity index (χ3n) is 13.5. The molecule has 1 fully saturated rings. The van der Waals surface area contributed by atoms with Crippen LogP contribution in [-0.4, -0.2) is 64.3 Å². The van der Waals surface area contributed by atoms with Crippen LogP contribution in [0.4, 0.5) is 0 Å². The van der Waals surface area contributed by atoms with E-state index in [0.29, 0.717) is 0 Å². The van der Waals surface area contributed by atoms with Crippen molar-refractivity contribution >= 4 is 22.6 Å². The average Bonchev–Trinajstić information content (AvgIpc) is 3.70. The molecule has 6 atom stereocenters. The number of aliphatic hydroxyl groups is 1. The van der Waals surface area contributed by atoms with E-state index in [1.165, 1.54) is 64.2 Å². The number of ether oxygens (including phenoxy) is 2. The SMILES string of the molecule is CCCCCCCCCCCC[C@@H](O[Si](C)(C)C(C)(C)C)[C@H]1CC[C@H]([C@@H](CCCCC(O)CCCCCCCC2=C[C@H](C)OC2=O)O[Si](C)(C)C(C)(C)C)O1. The standard InChI is InChI=1S/C47H92O6Si2/c1-13-14-15-16-17-18-19-20-24-27-33-43(52-54(9,10)46(3,4)5)41-35-36-42(51-41)44(53-55(11,12)47(6,7)8)34-29-28-32-40(48)31-26-23-21-22-25-30-39-37-38(2)50-45(39)49/h37-38,40-44,48H,13-36H2,1-12H3/t38-,40?,41+,42+,43+,44+/m0/s1. The molecule has 55 heavy (non-hydrogen) atoms. The summed E-state index contributed by atoms with van der Waals surface area (Å²) in [5.74, 6) is -0.136. The molecule has 8 heteroatoms. The minimum atomic E-state index is -2.00. The highest BCUT2D eigenvalue weighted by atomic mass is 28.4. The Hall–Kier alpha value is -0.516. The molecule has 2 heterocycles. The van der Waals surface area contributed by atoms with Gasteiger partial charge in [0.25, 0.3) is 0 Å². The molecule has 0 amide bonds. The van der Waals surface area contributed by atoms with Crippen LogP contribution in [0.15, 0.2) is 11.6 Å². The van der Waals surface area contributed by atoms with Gasteiger partial charge in [-0.1, -0.05) is 151 Å². The lowest BCUT2D eigenvalue weighted by Crippen LogP contribution is -2.48. The molecule has 1 saturated heterocycles. The van der Waals surface area contributed by atoms with Crippen LogP contribution in [-0.2, 0) is 23.1 Å². The van der Waals surface area contributed by atoms with Gasteiger partial charge in [0, 0.05) is 5.57 Å². The summed E-state index contributed by atoms with van der Waals surface area (Å²) in [5.41, 5.74) is 0.846. The van der Waals surface area contributed by atoms with E-state index in [9.17, 15) is 9.90 Å². The summed E-state index contributed by atoms with van der Waals surface area (Å²) in [6.45, 7) is 27.9. The van der Waals surface area contributed by atoms with Crippen molar-refractivity contribution in [1.29, 1.82) is 0 Å². The molecule has 0 spiro atoms. The number of esters is 1. The zero-order valence-electron chi connectivity index (χ0n) is 38.5. The summed E-state index contributed by atoms with van der Waals surface area (Å²) in [5, 5.41) is 11.1. The summed E-state index contributed by atoms with van der Waals surface area (Å²) in [7, 11) is -3.96. The number of aliphatic hydroxyl groups excluding tert-OH is 1. The van der Waals surface area contributed by atoms with Crippen LogP contribution in [0.3, 0.4) is 0 Å². The Morgan fingerprint density at radius 3 is 1.45 bits per heavy atom. The zero-order valence-corrected chi connectivity index (χ0v) is 40.5. The van der Waals surface area contributed by atoms with Crippen LogP contribution in [0.2, 0.25) is 36.3 Å². The second-order valence-corrected chi connectivity index (χ2v) is 30.2. The smallest absolute Gasteiger partial charge is 0.334 e. The molecule has 0 aromatic rings. The first-order valence-corrected chi connectivity index (χ1v) is 29.2. The zero-order chi connectivity index (χ0) is 41.1. The van der Waals surface area contributed by atoms with Gasteiger partial charge < -0.3 is 23.4 Å². The van der Waals surface area contributed by atoms with Gasteiger partial charge in [-0.15, -0.1) is 0 Å². The fourth-order valence-corrected chi connectivity index (χ4v) is 10.5. The van der Waals surface area contributed by atoms with Gasteiger partial charge in [0.2, 0.25) is 0 Å². The molecule has 0 aromatic carbocycles. The Balaban J connectivity index is 1.88. The third kappa shape index (κ3) is 19.4. The number of hydrogen-bond acceptors (Lipinski definition) is 6. The second kappa shape index (κ2) is 25.2. The van der Waals surface area contributed by atoms with E-state index in [1.807, 2.05) is 13.0 Å². The normalized spacial score (nSPS) is 21.5. The predicted octanol–water partition coefficient (Wildman–Crippen LogP) is 14.1. The molecule has 2 rings (SSSR count). The molecule has 0 aliphatic carbocycles. The first-order valence-electron chi connectivity index (χ1n) is 23.4. The van der Waals surface area contributed by atoms with Gasteiger partial charge in [-0.05, 0) is 101 Å². The predicted molar refractivity (Wildman–Crippen MR) is 239 cm³/mol. The summed E-state index contributed by atoms with van der Waals surface area (Å²) in [6, 6.07) is 0. The molecule has 6 nitrogen and oxygen atoms in total. The average molecular weight is 809 g/mol. The van der Waals surface area contributed by atoms with Gasteiger partial charge in [-0.3, -0.25) is 0 Å². The maximum atomic E-state index is 11.8. The number of carbonyl (C=O) groups excluding carboxylic acids is 1. The summed E-state index contributed by atoms with van der Waals surface area (Å²) >= 11 is 0. The number of rotatable bonds is 30. The highest BCUT2D eigenvalue weighted by molar-refractivity contribution is 6.74. The van der Waals surface area contributed by atoms with Gasteiger partial charge >= 0.3 is 5.97 Å². The van der Waals surface area contributed by atoms with Gasteiger partial charge in [-0.2, -0.15) is 0 Å². The summed E-state index contributed by atoms with van der Waals surface area (Å²) in [6.07, 6.45) is 30.0. The van der Waals surface area contributed by atoms with E-state index in [2.05, 4.69) is 74.7 Å².